The third-order valence-corrected chi connectivity index (χ3v) is 4.69. The lowest BCUT2D eigenvalue weighted by atomic mass is 9.84. The highest BCUT2D eigenvalue weighted by Gasteiger charge is 2.28. The second kappa shape index (κ2) is 6.10. The van der Waals surface area contributed by atoms with Crippen LogP contribution >= 0.6 is 0 Å². The molecule has 4 nitrogen and oxygen atoms in total. The lowest BCUT2D eigenvalue weighted by Crippen LogP contribution is -2.37. The number of fused-ring (bicyclic) bond motifs is 1. The Hall–Kier alpha value is -1.85. The summed E-state index contributed by atoms with van der Waals surface area (Å²) in [5, 5.41) is 12.2. The maximum Gasteiger partial charge on any atom is 0.407 e. The third-order valence-electron chi connectivity index (χ3n) is 4.69. The topological polar surface area (TPSA) is 52.6 Å². The van der Waals surface area contributed by atoms with Crippen molar-refractivity contribution in [3.05, 3.63) is 28.8 Å². The molecule has 0 radical (unpaired) electrons. The minimum Gasteiger partial charge on any atom is -0.465 e. The normalized spacial score (nSPS) is 19.0. The largest absolute Gasteiger partial charge is 0.465 e. The number of aryl methyl sites for hydroxylation is 1. The summed E-state index contributed by atoms with van der Waals surface area (Å²) in [5.41, 5.74) is 2.74. The third kappa shape index (κ3) is 2.87. The summed E-state index contributed by atoms with van der Waals surface area (Å²) in [6.07, 6.45) is -0.287. The van der Waals surface area contributed by atoms with Crippen LogP contribution in [0.2, 0.25) is 0 Å². The van der Waals surface area contributed by atoms with Gasteiger partial charge >= 0.3 is 6.09 Å². The number of nitrogens with zero attached hydrogens (tertiary/aromatic N) is 1. The predicted molar refractivity (Wildman–Crippen MR) is 79.8 cm³/mol. The molecular weight excluding hydrogens is 290 g/mol. The number of carboxylic acid groups (broad SMARTS) is 1. The predicted octanol–water partition coefficient (Wildman–Crippen LogP) is 3.84. The molecule has 0 saturated carbocycles. The molecule has 0 bridgehead atoms. The van der Waals surface area contributed by atoms with Crippen molar-refractivity contribution in [3.63, 3.8) is 0 Å². The summed E-state index contributed by atoms with van der Waals surface area (Å²) in [4.78, 5) is 12.3. The van der Waals surface area contributed by atoms with Gasteiger partial charge in [0, 0.05) is 30.9 Å². The minimum absolute atomic E-state index is 0.0202. The van der Waals surface area contributed by atoms with Crippen molar-refractivity contribution < 1.29 is 18.7 Å². The lowest BCUT2D eigenvalue weighted by Gasteiger charge is -2.32. The second-order valence-corrected chi connectivity index (χ2v) is 6.01. The van der Waals surface area contributed by atoms with Gasteiger partial charge in [0.1, 0.15) is 0 Å². The molecule has 0 atom stereocenters. The summed E-state index contributed by atoms with van der Waals surface area (Å²) < 4.78 is 26.9. The van der Waals surface area contributed by atoms with E-state index in [9.17, 15) is 13.6 Å². The fourth-order valence-electron chi connectivity index (χ4n) is 3.48. The van der Waals surface area contributed by atoms with E-state index in [1.54, 1.807) is 6.07 Å². The van der Waals surface area contributed by atoms with Crippen LogP contribution < -0.4 is 5.32 Å². The minimum atomic E-state index is -2.50. The van der Waals surface area contributed by atoms with Crippen molar-refractivity contribution in [1.29, 1.82) is 0 Å². The number of amides is 1. The Kier molecular flexibility index (Phi) is 4.18. The van der Waals surface area contributed by atoms with E-state index in [2.05, 4.69) is 5.32 Å². The molecule has 0 aliphatic carbocycles. The van der Waals surface area contributed by atoms with Crippen LogP contribution in [0.15, 0.2) is 12.1 Å². The number of likely N-dealkylation sites (tertiary alicyclic amines) is 1. The molecule has 3 rings (SSSR count). The zero-order valence-corrected chi connectivity index (χ0v) is 12.3. The first kappa shape index (κ1) is 15.1. The van der Waals surface area contributed by atoms with Gasteiger partial charge in [0.05, 0.1) is 0 Å². The van der Waals surface area contributed by atoms with Gasteiger partial charge in [-0.2, -0.15) is 0 Å². The summed E-state index contributed by atoms with van der Waals surface area (Å²) in [6, 6.07) is 3.52. The van der Waals surface area contributed by atoms with Gasteiger partial charge in [0.2, 0.25) is 0 Å². The standard InChI is InChI=1S/C16H20F2N2O2/c17-15(18)13-9-14-11(2-1-5-19-14)8-12(13)10-3-6-20(7-4-10)16(21)22/h8-10,15,19H,1-7H2,(H,21,22). The molecule has 6 heteroatoms. The van der Waals surface area contributed by atoms with Crippen molar-refractivity contribution >= 4 is 11.8 Å². The van der Waals surface area contributed by atoms with E-state index in [4.69, 9.17) is 5.11 Å². The van der Waals surface area contributed by atoms with E-state index >= 15 is 0 Å². The van der Waals surface area contributed by atoms with E-state index in [-0.39, 0.29) is 11.5 Å². The Bertz CT molecular complexity index is 570. The molecule has 1 saturated heterocycles. The summed E-state index contributed by atoms with van der Waals surface area (Å²) >= 11 is 0. The molecule has 1 aromatic rings. The maximum atomic E-state index is 13.4. The molecule has 1 fully saturated rings. The molecule has 2 N–H and O–H groups in total. The van der Waals surface area contributed by atoms with E-state index in [1.807, 2.05) is 6.07 Å². The Morgan fingerprint density at radius 3 is 2.68 bits per heavy atom. The monoisotopic (exact) mass is 310 g/mol. The van der Waals surface area contributed by atoms with Gasteiger partial charge in [-0.1, -0.05) is 6.07 Å². The van der Waals surface area contributed by atoms with Gasteiger partial charge in [-0.15, -0.1) is 0 Å². The Balaban J connectivity index is 1.87. The van der Waals surface area contributed by atoms with Gasteiger partial charge in [-0.25, -0.2) is 13.6 Å². The molecule has 0 unspecified atom stereocenters. The van der Waals surface area contributed by atoms with Crippen molar-refractivity contribution in [1.82, 2.24) is 4.90 Å². The number of piperidine rings is 1. The number of alkyl halides is 2. The Labute approximate surface area is 128 Å². The molecule has 2 heterocycles. The van der Waals surface area contributed by atoms with E-state index in [0.717, 1.165) is 30.6 Å². The number of benzene rings is 1. The SMILES string of the molecule is O=C(O)N1CCC(c2cc3c(cc2C(F)F)NCCC3)CC1. The summed E-state index contributed by atoms with van der Waals surface area (Å²) in [5.74, 6) is 0.0202. The number of carbonyl (C=O) groups is 1. The first-order chi connectivity index (χ1) is 10.6. The zero-order valence-electron chi connectivity index (χ0n) is 12.3. The summed E-state index contributed by atoms with van der Waals surface area (Å²) in [6.45, 7) is 1.65. The molecule has 0 spiro atoms. The van der Waals surface area contributed by atoms with Crippen LogP contribution in [0.1, 0.15) is 48.3 Å². The van der Waals surface area contributed by atoms with E-state index in [1.165, 1.54) is 4.90 Å². The van der Waals surface area contributed by atoms with Crippen molar-refractivity contribution in [2.45, 2.75) is 38.0 Å². The molecular formula is C16H20F2N2O2. The molecule has 1 aromatic carbocycles. The van der Waals surface area contributed by atoms with Gasteiger partial charge in [-0.05, 0) is 48.8 Å². The fraction of sp³-hybridized carbons (Fsp3) is 0.562. The Morgan fingerprint density at radius 2 is 2.05 bits per heavy atom. The second-order valence-electron chi connectivity index (χ2n) is 6.01. The average molecular weight is 310 g/mol. The van der Waals surface area contributed by atoms with Crippen molar-refractivity contribution in [2.75, 3.05) is 25.0 Å². The van der Waals surface area contributed by atoms with Crippen LogP contribution in [0, 0.1) is 0 Å². The molecule has 120 valence electrons. The van der Waals surface area contributed by atoms with E-state index < -0.39 is 12.5 Å². The van der Waals surface area contributed by atoms with Crippen molar-refractivity contribution in [2.24, 2.45) is 0 Å². The fourth-order valence-corrected chi connectivity index (χ4v) is 3.48. The maximum absolute atomic E-state index is 13.4. The van der Waals surface area contributed by atoms with Crippen LogP contribution in [-0.4, -0.2) is 35.7 Å². The van der Waals surface area contributed by atoms with Gasteiger partial charge in [0.15, 0.2) is 0 Å². The van der Waals surface area contributed by atoms with Crippen LogP contribution in [0.5, 0.6) is 0 Å². The number of nitrogens with one attached hydrogen (secondary N) is 1. The number of anilines is 1. The van der Waals surface area contributed by atoms with E-state index in [0.29, 0.717) is 31.5 Å². The first-order valence-corrected chi connectivity index (χ1v) is 7.73. The van der Waals surface area contributed by atoms with Crippen LogP contribution in [0.3, 0.4) is 0 Å². The van der Waals surface area contributed by atoms with Gasteiger partial charge < -0.3 is 15.3 Å². The average Bonchev–Trinajstić information content (AvgIpc) is 2.53. The molecule has 0 aromatic heterocycles. The van der Waals surface area contributed by atoms with Gasteiger partial charge in [-0.3, -0.25) is 0 Å². The zero-order chi connectivity index (χ0) is 15.7. The highest BCUT2D eigenvalue weighted by Crippen LogP contribution is 2.38. The quantitative estimate of drug-likeness (QED) is 0.872. The number of halogens is 2. The molecule has 2 aliphatic rings. The number of hydrogen-bond acceptors (Lipinski definition) is 2. The molecule has 1 amide bonds. The molecule has 2 aliphatic heterocycles. The van der Waals surface area contributed by atoms with Gasteiger partial charge in [0.25, 0.3) is 6.43 Å². The smallest absolute Gasteiger partial charge is 0.407 e. The number of rotatable bonds is 2. The summed E-state index contributed by atoms with van der Waals surface area (Å²) in [7, 11) is 0. The Morgan fingerprint density at radius 1 is 1.32 bits per heavy atom. The van der Waals surface area contributed by atoms with Crippen LogP contribution in [-0.2, 0) is 6.42 Å². The first-order valence-electron chi connectivity index (χ1n) is 7.73. The van der Waals surface area contributed by atoms with Crippen LogP contribution in [0.4, 0.5) is 19.3 Å². The molecule has 22 heavy (non-hydrogen) atoms. The van der Waals surface area contributed by atoms with Crippen LogP contribution in [0.25, 0.3) is 0 Å². The number of hydrogen-bond donors (Lipinski definition) is 2. The highest BCUT2D eigenvalue weighted by molar-refractivity contribution is 5.65. The van der Waals surface area contributed by atoms with Crippen molar-refractivity contribution in [3.8, 4) is 0 Å². The highest BCUT2D eigenvalue weighted by atomic mass is 19.3. The lowest BCUT2D eigenvalue weighted by molar-refractivity contribution is 0.129.